The van der Waals surface area contributed by atoms with Crippen molar-refractivity contribution in [2.24, 2.45) is 33.5 Å². The van der Waals surface area contributed by atoms with Crippen molar-refractivity contribution in [3.8, 4) is 0 Å². The fourth-order valence-corrected chi connectivity index (χ4v) is 8.41. The molecule has 0 amide bonds. The normalized spacial score (nSPS) is 60.9. The highest BCUT2D eigenvalue weighted by molar-refractivity contribution is 5.28. The molecule has 1 aliphatic heterocycles. The highest BCUT2D eigenvalue weighted by Crippen LogP contribution is 2.79. The van der Waals surface area contributed by atoms with Crippen LogP contribution in [0.4, 0.5) is 0 Å². The standard InChI is InChI=1S/C22H36O4/c1-17(2)13-9-11-19(17,5)21(23-7)15(13)25-22(24-8)16(26-21)14-10-12-20(22,6)18(14,3)4/h13-16H,9-12H2,1-8H3/t13-,14-,15+,16+,19+,20+,21+,22+/m1/s1. The lowest BCUT2D eigenvalue weighted by Crippen LogP contribution is -2.72. The first kappa shape index (κ1) is 17.9. The van der Waals surface area contributed by atoms with E-state index in [0.717, 1.165) is 12.8 Å². The molecular formula is C22H36O4. The molecule has 4 nitrogen and oxygen atoms in total. The van der Waals surface area contributed by atoms with Gasteiger partial charge in [0.05, 0.1) is 0 Å². The van der Waals surface area contributed by atoms with Crippen molar-refractivity contribution in [2.45, 2.75) is 91.0 Å². The molecule has 0 aromatic rings. The van der Waals surface area contributed by atoms with E-state index in [-0.39, 0.29) is 33.9 Å². The monoisotopic (exact) mass is 364 g/mol. The number of fused-ring (bicyclic) bond motifs is 10. The maximum atomic E-state index is 7.10. The minimum atomic E-state index is -0.664. The fourth-order valence-electron chi connectivity index (χ4n) is 8.41. The van der Waals surface area contributed by atoms with Gasteiger partial charge in [-0.15, -0.1) is 0 Å². The van der Waals surface area contributed by atoms with E-state index in [9.17, 15) is 0 Å². The third kappa shape index (κ3) is 1.35. The SMILES string of the molecule is CO[C@]12O[C@H]3[C@H]4CC[C@@](C)(C4(C)C)[C@@]3(OC)O[C@H]1[C@H]1CC[C@@]2(C)C1(C)C. The molecule has 1 heterocycles. The third-order valence-electron chi connectivity index (χ3n) is 10.8. The first-order valence-electron chi connectivity index (χ1n) is 10.4. The molecule has 0 spiro atoms. The predicted molar refractivity (Wildman–Crippen MR) is 98.5 cm³/mol. The summed E-state index contributed by atoms with van der Waals surface area (Å²) >= 11 is 0. The molecule has 26 heavy (non-hydrogen) atoms. The summed E-state index contributed by atoms with van der Waals surface area (Å²) < 4.78 is 26.8. The third-order valence-corrected chi connectivity index (χ3v) is 10.8. The van der Waals surface area contributed by atoms with Gasteiger partial charge in [0.15, 0.2) is 0 Å². The molecule has 5 fully saturated rings. The van der Waals surface area contributed by atoms with Gasteiger partial charge in [-0.05, 0) is 48.3 Å². The Hall–Kier alpha value is -0.160. The van der Waals surface area contributed by atoms with Crippen LogP contribution in [-0.4, -0.2) is 38.0 Å². The largest absolute Gasteiger partial charge is 0.350 e. The molecule has 8 atom stereocenters. The predicted octanol–water partition coefficient (Wildman–Crippen LogP) is 4.37. The van der Waals surface area contributed by atoms with Crippen molar-refractivity contribution >= 4 is 0 Å². The van der Waals surface area contributed by atoms with Crippen LogP contribution in [0.3, 0.4) is 0 Å². The summed E-state index contributed by atoms with van der Waals surface area (Å²) in [6.45, 7) is 14.2. The zero-order valence-electron chi connectivity index (χ0n) is 17.8. The summed E-state index contributed by atoms with van der Waals surface area (Å²) in [6.07, 6.45) is 4.49. The fraction of sp³-hybridized carbons (Fsp3) is 1.00. The van der Waals surface area contributed by atoms with E-state index in [1.165, 1.54) is 12.8 Å². The van der Waals surface area contributed by atoms with Gasteiger partial charge in [-0.3, -0.25) is 0 Å². The van der Waals surface area contributed by atoms with E-state index in [1.54, 1.807) is 0 Å². The van der Waals surface area contributed by atoms with E-state index in [1.807, 2.05) is 14.2 Å². The maximum Gasteiger partial charge on any atom is 0.201 e. The van der Waals surface area contributed by atoms with Crippen LogP contribution in [0, 0.1) is 33.5 Å². The Morgan fingerprint density at radius 2 is 1.00 bits per heavy atom. The summed E-state index contributed by atoms with van der Waals surface area (Å²) in [5.41, 5.74) is 0.154. The van der Waals surface area contributed by atoms with Crippen LogP contribution < -0.4 is 0 Å². The lowest BCUT2D eigenvalue weighted by Gasteiger charge is -2.60. The van der Waals surface area contributed by atoms with E-state index in [4.69, 9.17) is 18.9 Å². The zero-order valence-corrected chi connectivity index (χ0v) is 17.8. The van der Waals surface area contributed by atoms with Crippen molar-refractivity contribution in [1.29, 1.82) is 0 Å². The molecule has 4 aliphatic carbocycles. The molecule has 0 radical (unpaired) electrons. The molecule has 5 aliphatic rings. The first-order valence-corrected chi connectivity index (χ1v) is 10.4. The summed E-state index contributed by atoms with van der Waals surface area (Å²) in [7, 11) is 3.64. The molecule has 0 aromatic carbocycles. The summed E-state index contributed by atoms with van der Waals surface area (Å²) in [6, 6.07) is 0. The second-order valence-corrected chi connectivity index (χ2v) is 11.2. The number of methoxy groups -OCH3 is 2. The van der Waals surface area contributed by atoms with Gasteiger partial charge in [0.25, 0.3) is 0 Å². The smallest absolute Gasteiger partial charge is 0.201 e. The molecule has 4 heteroatoms. The second kappa shape index (κ2) is 4.53. The van der Waals surface area contributed by atoms with Gasteiger partial charge < -0.3 is 18.9 Å². The Labute approximate surface area is 158 Å². The quantitative estimate of drug-likeness (QED) is 0.729. The average molecular weight is 365 g/mol. The van der Waals surface area contributed by atoms with Gasteiger partial charge in [0.2, 0.25) is 11.6 Å². The van der Waals surface area contributed by atoms with Gasteiger partial charge in [0, 0.05) is 25.0 Å². The van der Waals surface area contributed by atoms with Gasteiger partial charge >= 0.3 is 0 Å². The summed E-state index contributed by atoms with van der Waals surface area (Å²) in [5.74, 6) is -0.455. The van der Waals surface area contributed by atoms with Crippen LogP contribution >= 0.6 is 0 Å². The summed E-state index contributed by atoms with van der Waals surface area (Å²) in [5, 5.41) is 0. The van der Waals surface area contributed by atoms with Crippen molar-refractivity contribution in [3.63, 3.8) is 0 Å². The number of hydrogen-bond acceptors (Lipinski definition) is 4. The van der Waals surface area contributed by atoms with Crippen LogP contribution in [0.5, 0.6) is 0 Å². The van der Waals surface area contributed by atoms with Crippen LogP contribution in [0.2, 0.25) is 0 Å². The molecule has 4 bridgehead atoms. The molecule has 5 rings (SSSR count). The molecule has 1 saturated heterocycles. The molecule has 0 aromatic heterocycles. The first-order chi connectivity index (χ1) is 12.0. The Balaban J connectivity index is 1.69. The van der Waals surface area contributed by atoms with Gasteiger partial charge in [-0.25, -0.2) is 0 Å². The Morgan fingerprint density at radius 3 is 1.31 bits per heavy atom. The van der Waals surface area contributed by atoms with E-state index < -0.39 is 11.6 Å². The van der Waals surface area contributed by atoms with E-state index in [2.05, 4.69) is 41.5 Å². The second-order valence-electron chi connectivity index (χ2n) is 11.2. The Bertz CT molecular complexity index is 603. The lowest BCUT2D eigenvalue weighted by molar-refractivity contribution is -0.470. The Morgan fingerprint density at radius 1 is 0.654 bits per heavy atom. The van der Waals surface area contributed by atoms with Crippen LogP contribution in [0.15, 0.2) is 0 Å². The van der Waals surface area contributed by atoms with Crippen molar-refractivity contribution < 1.29 is 18.9 Å². The number of rotatable bonds is 2. The zero-order chi connectivity index (χ0) is 19.0. The number of hydrogen-bond donors (Lipinski definition) is 0. The van der Waals surface area contributed by atoms with Crippen molar-refractivity contribution in [3.05, 3.63) is 0 Å². The molecule has 4 saturated carbocycles. The van der Waals surface area contributed by atoms with Crippen LogP contribution in [-0.2, 0) is 18.9 Å². The van der Waals surface area contributed by atoms with E-state index in [0.29, 0.717) is 11.8 Å². The topological polar surface area (TPSA) is 36.9 Å². The number of ether oxygens (including phenoxy) is 4. The van der Waals surface area contributed by atoms with Gasteiger partial charge in [0.1, 0.15) is 12.2 Å². The average Bonchev–Trinajstić information content (AvgIpc) is 3.07. The van der Waals surface area contributed by atoms with Gasteiger partial charge in [-0.1, -0.05) is 41.5 Å². The molecule has 0 N–H and O–H groups in total. The Kier molecular flexibility index (Phi) is 3.12. The lowest BCUT2D eigenvalue weighted by atomic mass is 9.67. The van der Waals surface area contributed by atoms with E-state index >= 15 is 0 Å². The molecular weight excluding hydrogens is 328 g/mol. The molecule has 148 valence electrons. The highest BCUT2D eigenvalue weighted by atomic mass is 16.8. The van der Waals surface area contributed by atoms with Crippen LogP contribution in [0.1, 0.15) is 67.2 Å². The molecule has 0 unspecified atom stereocenters. The minimum absolute atomic E-state index is 0.0448. The summed E-state index contributed by atoms with van der Waals surface area (Å²) in [4.78, 5) is 0. The maximum absolute atomic E-state index is 7.10. The van der Waals surface area contributed by atoms with Crippen molar-refractivity contribution in [1.82, 2.24) is 0 Å². The minimum Gasteiger partial charge on any atom is -0.350 e. The van der Waals surface area contributed by atoms with Crippen molar-refractivity contribution in [2.75, 3.05) is 14.2 Å². The van der Waals surface area contributed by atoms with Crippen LogP contribution in [0.25, 0.3) is 0 Å². The van der Waals surface area contributed by atoms with Gasteiger partial charge in [-0.2, -0.15) is 0 Å². The highest BCUT2D eigenvalue weighted by Gasteiger charge is 2.85.